The van der Waals surface area contributed by atoms with Gasteiger partial charge in [-0.25, -0.2) is 29.9 Å². The maximum atomic E-state index is 4.92. The van der Waals surface area contributed by atoms with Gasteiger partial charge in [0.05, 0.1) is 0 Å². The molecule has 0 atom stereocenters. The lowest BCUT2D eigenvalue weighted by atomic mass is 9.92. The van der Waals surface area contributed by atoms with Crippen LogP contribution in [0.3, 0.4) is 0 Å². The van der Waals surface area contributed by atoms with Crippen LogP contribution >= 0.6 is 47.8 Å². The lowest BCUT2D eigenvalue weighted by Gasteiger charge is -2.34. The van der Waals surface area contributed by atoms with Crippen molar-refractivity contribution in [3.8, 4) is 0 Å². The highest BCUT2D eigenvalue weighted by atomic mass is 79.9. The van der Waals surface area contributed by atoms with Crippen molar-refractivity contribution in [2.45, 2.75) is 89.9 Å². The summed E-state index contributed by atoms with van der Waals surface area (Å²) >= 11 is 10.2. The molecule has 272 valence electrons. The van der Waals surface area contributed by atoms with Crippen molar-refractivity contribution in [1.29, 1.82) is 0 Å². The summed E-state index contributed by atoms with van der Waals surface area (Å²) in [4.78, 5) is 28.9. The number of hydrogen-bond donors (Lipinski definition) is 3. The summed E-state index contributed by atoms with van der Waals surface area (Å²) in [7, 11) is 0. The number of hydrogen-bond acceptors (Lipinski definition) is 10. The Morgan fingerprint density at radius 1 is 0.627 bits per heavy atom. The summed E-state index contributed by atoms with van der Waals surface area (Å²) in [5.74, 6) is 4.54. The highest BCUT2D eigenvalue weighted by Gasteiger charge is 2.25. The Labute approximate surface area is 327 Å². The van der Waals surface area contributed by atoms with Crippen LogP contribution in [0.15, 0.2) is 50.7 Å². The number of nitrogens with zero attached hydrogens (tertiary/aromatic N) is 7. The van der Waals surface area contributed by atoms with E-state index >= 15 is 0 Å². The second kappa shape index (κ2) is 18.8. The van der Waals surface area contributed by atoms with Crippen molar-refractivity contribution in [1.82, 2.24) is 35.2 Å². The number of pyridine rings is 2. The molecular formula is C38H49Br3N10. The second-order valence-electron chi connectivity index (χ2n) is 13.4. The molecule has 8 heterocycles. The molecule has 4 aliphatic rings. The third-order valence-corrected chi connectivity index (χ3v) is 12.3. The van der Waals surface area contributed by atoms with E-state index in [4.69, 9.17) is 9.97 Å². The molecule has 8 rings (SSSR count). The molecule has 10 nitrogen and oxygen atoms in total. The molecule has 4 aromatic heterocycles. The van der Waals surface area contributed by atoms with Gasteiger partial charge in [-0.3, -0.25) is 0 Å². The highest BCUT2D eigenvalue weighted by Crippen LogP contribution is 2.33. The third-order valence-electron chi connectivity index (χ3n) is 10.2. The van der Waals surface area contributed by atoms with Crippen LogP contribution in [-0.4, -0.2) is 69.2 Å². The largest absolute Gasteiger partial charge is 0.370 e. The van der Waals surface area contributed by atoms with E-state index in [9.17, 15) is 0 Å². The summed E-state index contributed by atoms with van der Waals surface area (Å²) in [6.07, 6.45) is 14.5. The van der Waals surface area contributed by atoms with Crippen molar-refractivity contribution in [2.24, 2.45) is 0 Å². The van der Waals surface area contributed by atoms with Crippen molar-refractivity contribution in [3.63, 3.8) is 0 Å². The molecule has 0 radical (unpaired) electrons. The van der Waals surface area contributed by atoms with Gasteiger partial charge in [-0.15, -0.1) is 0 Å². The molecule has 4 aliphatic heterocycles. The van der Waals surface area contributed by atoms with E-state index in [1.807, 2.05) is 0 Å². The molecule has 0 bridgehead atoms. The number of rotatable bonds is 5. The third kappa shape index (κ3) is 9.83. The van der Waals surface area contributed by atoms with E-state index in [2.05, 4.69) is 127 Å². The standard InChI is InChI=1S/C19H24BrN5.C13H19N3.C6H6Br2N2/c1-2-15-17(20)22-12-23-19(15)25-10-7-13(8-11-25)16-6-5-14-4-3-9-21-18(14)24-16;1-2-11-3-4-12(16-13(11)15-7-1)10-5-8-14-9-6-10;1-2-4-5(7)9-3-10-6(4)8/h5-6,12-13H,2-4,7-11H2,1H3,(H,21,24);3-4,10,14H,1-2,5-9H2,(H,15,16);3H,2H2,1H3. The summed E-state index contributed by atoms with van der Waals surface area (Å²) in [5.41, 5.74) is 7.61. The van der Waals surface area contributed by atoms with Gasteiger partial charge in [0.15, 0.2) is 0 Å². The van der Waals surface area contributed by atoms with Crippen molar-refractivity contribution < 1.29 is 0 Å². The van der Waals surface area contributed by atoms with Gasteiger partial charge in [0.2, 0.25) is 0 Å². The topological polar surface area (TPSA) is 117 Å². The highest BCUT2D eigenvalue weighted by molar-refractivity contribution is 9.11. The van der Waals surface area contributed by atoms with Gasteiger partial charge in [0.1, 0.15) is 43.9 Å². The zero-order valence-corrected chi connectivity index (χ0v) is 34.5. The first kappa shape index (κ1) is 38.0. The minimum atomic E-state index is 0.542. The number of fused-ring (bicyclic) bond motifs is 2. The second-order valence-corrected chi connectivity index (χ2v) is 15.7. The first-order chi connectivity index (χ1) is 24.9. The van der Waals surface area contributed by atoms with E-state index in [0.717, 1.165) is 108 Å². The van der Waals surface area contributed by atoms with E-state index in [-0.39, 0.29) is 0 Å². The fourth-order valence-electron chi connectivity index (χ4n) is 7.27. The minimum absolute atomic E-state index is 0.542. The van der Waals surface area contributed by atoms with Crippen LogP contribution in [0.5, 0.6) is 0 Å². The molecule has 0 amide bonds. The zero-order chi connectivity index (χ0) is 35.6. The Hall–Kier alpha value is -2.74. The molecule has 0 aromatic carbocycles. The summed E-state index contributed by atoms with van der Waals surface area (Å²) in [6.45, 7) is 10.7. The smallest absolute Gasteiger partial charge is 0.136 e. The maximum absolute atomic E-state index is 4.92. The van der Waals surface area contributed by atoms with Crippen molar-refractivity contribution in [2.75, 3.05) is 54.8 Å². The fourth-order valence-corrected chi connectivity index (χ4v) is 9.20. The van der Waals surface area contributed by atoms with Gasteiger partial charge in [-0.1, -0.05) is 26.0 Å². The normalized spacial score (nSPS) is 17.4. The Morgan fingerprint density at radius 3 is 1.63 bits per heavy atom. The average molecular weight is 886 g/mol. The number of aryl methyl sites for hydroxylation is 2. The molecule has 51 heavy (non-hydrogen) atoms. The van der Waals surface area contributed by atoms with Crippen LogP contribution in [0.25, 0.3) is 0 Å². The summed E-state index contributed by atoms with van der Waals surface area (Å²) in [5, 5.41) is 10.3. The zero-order valence-electron chi connectivity index (χ0n) is 29.7. The Balaban J connectivity index is 0.000000147. The van der Waals surface area contributed by atoms with Crippen LogP contribution in [0.2, 0.25) is 0 Å². The van der Waals surface area contributed by atoms with Crippen LogP contribution in [0.4, 0.5) is 17.5 Å². The molecule has 3 N–H and O–H groups in total. The average Bonchev–Trinajstić information content (AvgIpc) is 3.18. The van der Waals surface area contributed by atoms with Gasteiger partial charge in [-0.05, 0) is 148 Å². The Morgan fingerprint density at radius 2 is 1.12 bits per heavy atom. The SMILES string of the molecule is CCc1c(Br)ncnc1Br.CCc1c(Br)ncnc1N1CCC(c2ccc3c(n2)NCCC3)CC1.c1cc2c(nc1C1CCNCC1)NCCC2. The molecule has 0 spiro atoms. The van der Waals surface area contributed by atoms with E-state index < -0.39 is 0 Å². The number of halogens is 3. The summed E-state index contributed by atoms with van der Waals surface area (Å²) < 4.78 is 2.67. The lowest BCUT2D eigenvalue weighted by molar-refractivity contribution is 0.453. The quantitative estimate of drug-likeness (QED) is 0.169. The summed E-state index contributed by atoms with van der Waals surface area (Å²) in [6, 6.07) is 9.02. The molecule has 4 aromatic rings. The van der Waals surface area contributed by atoms with Gasteiger partial charge in [-0.2, -0.15) is 0 Å². The number of anilines is 3. The molecule has 2 fully saturated rings. The van der Waals surface area contributed by atoms with E-state index in [0.29, 0.717) is 11.8 Å². The molecule has 0 saturated carbocycles. The predicted molar refractivity (Wildman–Crippen MR) is 217 cm³/mol. The number of piperidine rings is 2. The number of aromatic nitrogens is 6. The first-order valence-corrected chi connectivity index (χ1v) is 20.9. The van der Waals surface area contributed by atoms with Crippen LogP contribution < -0.4 is 20.9 Å². The Bertz CT molecular complexity index is 1720. The fraction of sp³-hybridized carbons (Fsp3) is 0.526. The van der Waals surface area contributed by atoms with E-state index in [1.54, 1.807) is 6.33 Å². The first-order valence-electron chi connectivity index (χ1n) is 18.5. The van der Waals surface area contributed by atoms with Crippen molar-refractivity contribution >= 4 is 65.2 Å². The maximum Gasteiger partial charge on any atom is 0.136 e. The van der Waals surface area contributed by atoms with E-state index in [1.165, 1.54) is 66.5 Å². The minimum Gasteiger partial charge on any atom is -0.370 e. The monoisotopic (exact) mass is 882 g/mol. The lowest BCUT2D eigenvalue weighted by Crippen LogP contribution is -2.34. The van der Waals surface area contributed by atoms with Gasteiger partial charge in [0, 0.05) is 60.5 Å². The molecule has 2 saturated heterocycles. The van der Waals surface area contributed by atoms with Gasteiger partial charge in [0.25, 0.3) is 0 Å². The Kier molecular flexibility index (Phi) is 14.0. The predicted octanol–water partition coefficient (Wildman–Crippen LogP) is 8.41. The van der Waals surface area contributed by atoms with Crippen LogP contribution in [0.1, 0.15) is 97.8 Å². The molecular weight excluding hydrogens is 836 g/mol. The van der Waals surface area contributed by atoms with Gasteiger partial charge >= 0.3 is 0 Å². The van der Waals surface area contributed by atoms with Crippen LogP contribution in [-0.2, 0) is 25.7 Å². The van der Waals surface area contributed by atoms with Gasteiger partial charge < -0.3 is 20.9 Å². The molecule has 0 unspecified atom stereocenters. The molecule has 13 heteroatoms. The number of nitrogens with one attached hydrogen (secondary N) is 3. The van der Waals surface area contributed by atoms with Crippen LogP contribution in [0, 0.1) is 0 Å². The molecule has 0 aliphatic carbocycles. The van der Waals surface area contributed by atoms with Crippen molar-refractivity contribution in [3.05, 3.63) is 84.4 Å².